The van der Waals surface area contributed by atoms with Crippen LogP contribution in [0.2, 0.25) is 0 Å². The van der Waals surface area contributed by atoms with Crippen LogP contribution in [0.25, 0.3) is 0 Å². The van der Waals surface area contributed by atoms with Gasteiger partial charge in [-0.3, -0.25) is 9.59 Å². The molecule has 0 saturated heterocycles. The first-order valence-corrected chi connectivity index (χ1v) is 6.52. The van der Waals surface area contributed by atoms with E-state index in [4.69, 9.17) is 5.11 Å². The fourth-order valence-corrected chi connectivity index (χ4v) is 1.52. The zero-order valence-corrected chi connectivity index (χ0v) is 11.6. The van der Waals surface area contributed by atoms with Crippen molar-refractivity contribution in [3.05, 3.63) is 0 Å². The SMILES string of the molecule is CCN(CC)C(=O)CCCNC(=O)NCCC(=O)O. The average molecular weight is 273 g/mol. The van der Waals surface area contributed by atoms with Crippen LogP contribution in [0.15, 0.2) is 0 Å². The van der Waals surface area contributed by atoms with Gasteiger partial charge in [-0.1, -0.05) is 0 Å². The lowest BCUT2D eigenvalue weighted by atomic mass is 10.2. The first kappa shape index (κ1) is 17.2. The number of rotatable bonds is 9. The Hall–Kier alpha value is -1.79. The molecule has 0 radical (unpaired) electrons. The third kappa shape index (κ3) is 8.87. The maximum atomic E-state index is 11.6. The molecule has 0 unspecified atom stereocenters. The second-order valence-electron chi connectivity index (χ2n) is 4.00. The van der Waals surface area contributed by atoms with Gasteiger partial charge in [-0.15, -0.1) is 0 Å². The molecule has 7 heteroatoms. The lowest BCUT2D eigenvalue weighted by molar-refractivity contribution is -0.136. The predicted octanol–water partition coefficient (Wildman–Crippen LogP) is 0.409. The van der Waals surface area contributed by atoms with Crippen LogP contribution in [0.1, 0.15) is 33.1 Å². The summed E-state index contributed by atoms with van der Waals surface area (Å²) in [5.41, 5.74) is 0. The summed E-state index contributed by atoms with van der Waals surface area (Å²) in [7, 11) is 0. The molecule has 19 heavy (non-hydrogen) atoms. The number of carboxylic acids is 1. The van der Waals surface area contributed by atoms with Crippen molar-refractivity contribution >= 4 is 17.9 Å². The molecule has 0 heterocycles. The largest absolute Gasteiger partial charge is 0.481 e. The fraction of sp³-hybridized carbons (Fsp3) is 0.750. The normalized spacial score (nSPS) is 9.79. The van der Waals surface area contributed by atoms with Crippen molar-refractivity contribution in [1.29, 1.82) is 0 Å². The van der Waals surface area contributed by atoms with E-state index in [-0.39, 0.29) is 18.9 Å². The van der Waals surface area contributed by atoms with Gasteiger partial charge in [0.25, 0.3) is 0 Å². The Balaban J connectivity index is 3.60. The summed E-state index contributed by atoms with van der Waals surface area (Å²) in [6, 6.07) is -0.406. The van der Waals surface area contributed by atoms with Crippen LogP contribution in [0.4, 0.5) is 4.79 Å². The predicted molar refractivity (Wildman–Crippen MR) is 70.8 cm³/mol. The van der Waals surface area contributed by atoms with Crippen molar-refractivity contribution in [2.75, 3.05) is 26.2 Å². The molecular weight excluding hydrogens is 250 g/mol. The Bertz CT molecular complexity index is 303. The Morgan fingerprint density at radius 3 is 2.11 bits per heavy atom. The third-order valence-electron chi connectivity index (χ3n) is 2.59. The topological polar surface area (TPSA) is 98.7 Å². The number of carbonyl (C=O) groups is 3. The van der Waals surface area contributed by atoms with Gasteiger partial charge in [-0.2, -0.15) is 0 Å². The van der Waals surface area contributed by atoms with Gasteiger partial charge in [0.15, 0.2) is 0 Å². The molecule has 3 amide bonds. The minimum Gasteiger partial charge on any atom is -0.481 e. The third-order valence-corrected chi connectivity index (χ3v) is 2.59. The van der Waals surface area contributed by atoms with Crippen LogP contribution in [0.5, 0.6) is 0 Å². The van der Waals surface area contributed by atoms with E-state index in [0.29, 0.717) is 32.5 Å². The van der Waals surface area contributed by atoms with Gasteiger partial charge in [0.1, 0.15) is 0 Å². The molecule has 0 saturated carbocycles. The van der Waals surface area contributed by atoms with Gasteiger partial charge >= 0.3 is 12.0 Å². The minimum absolute atomic E-state index is 0.0816. The van der Waals surface area contributed by atoms with Gasteiger partial charge in [-0.25, -0.2) is 4.79 Å². The number of aliphatic carboxylic acids is 1. The molecule has 0 aliphatic heterocycles. The van der Waals surface area contributed by atoms with E-state index in [1.54, 1.807) is 4.90 Å². The maximum Gasteiger partial charge on any atom is 0.314 e. The number of nitrogens with one attached hydrogen (secondary N) is 2. The molecule has 0 fully saturated rings. The van der Waals surface area contributed by atoms with Crippen molar-refractivity contribution in [2.24, 2.45) is 0 Å². The number of hydrogen-bond acceptors (Lipinski definition) is 3. The van der Waals surface area contributed by atoms with Crippen LogP contribution in [-0.2, 0) is 9.59 Å². The van der Waals surface area contributed by atoms with E-state index < -0.39 is 12.0 Å². The highest BCUT2D eigenvalue weighted by atomic mass is 16.4. The second-order valence-corrected chi connectivity index (χ2v) is 4.00. The van der Waals surface area contributed by atoms with E-state index in [0.717, 1.165) is 0 Å². The zero-order valence-electron chi connectivity index (χ0n) is 11.6. The molecule has 0 spiro atoms. The van der Waals surface area contributed by atoms with Crippen molar-refractivity contribution in [1.82, 2.24) is 15.5 Å². The fourth-order valence-electron chi connectivity index (χ4n) is 1.52. The Kier molecular flexibility index (Phi) is 9.20. The summed E-state index contributed by atoms with van der Waals surface area (Å²) in [5, 5.41) is 13.4. The van der Waals surface area contributed by atoms with Crippen LogP contribution >= 0.6 is 0 Å². The minimum atomic E-state index is -0.954. The lowest BCUT2D eigenvalue weighted by Gasteiger charge is -2.18. The van der Waals surface area contributed by atoms with Crippen molar-refractivity contribution in [3.63, 3.8) is 0 Å². The summed E-state index contributed by atoms with van der Waals surface area (Å²) >= 11 is 0. The molecule has 0 bridgehead atoms. The number of carbonyl (C=O) groups excluding carboxylic acids is 2. The van der Waals surface area contributed by atoms with E-state index in [2.05, 4.69) is 10.6 Å². The van der Waals surface area contributed by atoms with Gasteiger partial charge < -0.3 is 20.6 Å². The molecule has 110 valence electrons. The molecular formula is C12H23N3O4. The first-order chi connectivity index (χ1) is 9.01. The highest BCUT2D eigenvalue weighted by Gasteiger charge is 2.08. The van der Waals surface area contributed by atoms with Crippen molar-refractivity contribution in [2.45, 2.75) is 33.1 Å². The summed E-state index contributed by atoms with van der Waals surface area (Å²) < 4.78 is 0. The van der Waals surface area contributed by atoms with Crippen LogP contribution < -0.4 is 10.6 Å². The monoisotopic (exact) mass is 273 g/mol. The smallest absolute Gasteiger partial charge is 0.314 e. The summed E-state index contributed by atoms with van der Waals surface area (Å²) in [6.07, 6.45) is 0.868. The summed E-state index contributed by atoms with van der Waals surface area (Å²) in [4.78, 5) is 34.8. The molecule has 0 rings (SSSR count). The van der Waals surface area contributed by atoms with E-state index in [9.17, 15) is 14.4 Å². The van der Waals surface area contributed by atoms with Crippen molar-refractivity contribution in [3.8, 4) is 0 Å². The van der Waals surface area contributed by atoms with E-state index in [1.165, 1.54) is 0 Å². The van der Waals surface area contributed by atoms with Gasteiger partial charge in [0, 0.05) is 32.6 Å². The Morgan fingerprint density at radius 2 is 1.58 bits per heavy atom. The van der Waals surface area contributed by atoms with Gasteiger partial charge in [0.05, 0.1) is 6.42 Å². The van der Waals surface area contributed by atoms with Crippen LogP contribution in [-0.4, -0.2) is 54.1 Å². The molecule has 0 aliphatic rings. The zero-order chi connectivity index (χ0) is 14.7. The standard InChI is InChI=1S/C12H23N3O4/c1-3-15(4-2)10(16)6-5-8-13-12(19)14-9-7-11(17)18/h3-9H2,1-2H3,(H,17,18)(H2,13,14,19). The number of carboxylic acid groups (broad SMARTS) is 1. The summed E-state index contributed by atoms with van der Waals surface area (Å²) in [5.74, 6) is -0.872. The quantitative estimate of drug-likeness (QED) is 0.530. The number of hydrogen-bond donors (Lipinski definition) is 3. The van der Waals surface area contributed by atoms with Gasteiger partial charge in [-0.05, 0) is 20.3 Å². The van der Waals surface area contributed by atoms with Crippen LogP contribution in [0.3, 0.4) is 0 Å². The molecule has 0 aliphatic carbocycles. The summed E-state index contributed by atoms with van der Waals surface area (Å²) in [6.45, 7) is 5.73. The van der Waals surface area contributed by atoms with Crippen LogP contribution in [0, 0.1) is 0 Å². The highest BCUT2D eigenvalue weighted by molar-refractivity contribution is 5.76. The molecule has 0 aromatic heterocycles. The van der Waals surface area contributed by atoms with E-state index in [1.807, 2.05) is 13.8 Å². The number of nitrogens with zero attached hydrogens (tertiary/aromatic N) is 1. The average Bonchev–Trinajstić information content (AvgIpc) is 2.35. The molecule has 7 nitrogen and oxygen atoms in total. The Labute approximate surface area is 113 Å². The number of amides is 3. The first-order valence-electron chi connectivity index (χ1n) is 6.52. The van der Waals surface area contributed by atoms with Gasteiger partial charge in [0.2, 0.25) is 5.91 Å². The second kappa shape index (κ2) is 10.2. The van der Waals surface area contributed by atoms with Crippen molar-refractivity contribution < 1.29 is 19.5 Å². The number of urea groups is 1. The highest BCUT2D eigenvalue weighted by Crippen LogP contribution is 1.96. The Morgan fingerprint density at radius 1 is 1.00 bits per heavy atom. The molecule has 0 aromatic rings. The maximum absolute atomic E-state index is 11.6. The molecule has 0 aromatic carbocycles. The molecule has 0 atom stereocenters. The molecule has 3 N–H and O–H groups in total. The lowest BCUT2D eigenvalue weighted by Crippen LogP contribution is -2.37. The van der Waals surface area contributed by atoms with E-state index >= 15 is 0 Å².